The van der Waals surface area contributed by atoms with Crippen molar-refractivity contribution in [3.05, 3.63) is 0 Å². The SMILES string of the molecule is CN(C)CC(=O)OCC[N+](C)(C)C.[Cl-]. The van der Waals surface area contributed by atoms with Gasteiger partial charge in [-0.05, 0) is 14.1 Å². The molecule has 0 radical (unpaired) electrons. The second-order valence-corrected chi connectivity index (χ2v) is 4.47. The Kier molecular flexibility index (Phi) is 8.10. The molecular formula is C9H21ClN2O2. The van der Waals surface area contributed by atoms with Gasteiger partial charge in [0, 0.05) is 0 Å². The zero-order valence-corrected chi connectivity index (χ0v) is 10.5. The maximum absolute atomic E-state index is 11.1. The molecule has 14 heavy (non-hydrogen) atoms. The van der Waals surface area contributed by atoms with Gasteiger partial charge in [0.15, 0.2) is 0 Å². The Labute approximate surface area is 92.8 Å². The van der Waals surface area contributed by atoms with Gasteiger partial charge in [0.25, 0.3) is 0 Å². The van der Waals surface area contributed by atoms with Crippen LogP contribution in [0.5, 0.6) is 0 Å². The van der Waals surface area contributed by atoms with Crippen molar-refractivity contribution in [1.29, 1.82) is 0 Å². The predicted molar refractivity (Wildman–Crippen MR) is 52.4 cm³/mol. The lowest BCUT2D eigenvalue weighted by Gasteiger charge is -2.23. The summed E-state index contributed by atoms with van der Waals surface area (Å²) in [6.45, 7) is 1.70. The maximum Gasteiger partial charge on any atom is 0.320 e. The lowest BCUT2D eigenvalue weighted by molar-refractivity contribution is -0.870. The maximum atomic E-state index is 11.1. The van der Waals surface area contributed by atoms with E-state index in [0.717, 1.165) is 11.0 Å². The molecule has 0 saturated heterocycles. The molecule has 0 heterocycles. The van der Waals surface area contributed by atoms with Gasteiger partial charge < -0.3 is 21.6 Å². The first-order valence-corrected chi connectivity index (χ1v) is 4.42. The molecule has 0 aliphatic heterocycles. The van der Waals surface area contributed by atoms with Crippen LogP contribution in [0.3, 0.4) is 0 Å². The van der Waals surface area contributed by atoms with E-state index in [1.165, 1.54) is 0 Å². The van der Waals surface area contributed by atoms with Gasteiger partial charge in [-0.2, -0.15) is 0 Å². The van der Waals surface area contributed by atoms with E-state index in [2.05, 4.69) is 21.1 Å². The Hall–Kier alpha value is -0.320. The molecule has 4 nitrogen and oxygen atoms in total. The van der Waals surface area contributed by atoms with Crippen molar-refractivity contribution in [2.45, 2.75) is 0 Å². The number of rotatable bonds is 5. The molecule has 5 heteroatoms. The van der Waals surface area contributed by atoms with Gasteiger partial charge in [0.2, 0.25) is 0 Å². The van der Waals surface area contributed by atoms with Gasteiger partial charge in [-0.25, -0.2) is 0 Å². The van der Waals surface area contributed by atoms with Crippen molar-refractivity contribution in [2.24, 2.45) is 0 Å². The van der Waals surface area contributed by atoms with Gasteiger partial charge in [-0.15, -0.1) is 0 Å². The number of hydrogen-bond acceptors (Lipinski definition) is 3. The summed E-state index contributed by atoms with van der Waals surface area (Å²) in [4.78, 5) is 12.9. The molecule has 0 bridgehead atoms. The molecular weight excluding hydrogens is 204 g/mol. The van der Waals surface area contributed by atoms with Gasteiger partial charge in [-0.1, -0.05) is 0 Å². The molecule has 0 aromatic rings. The molecule has 0 saturated carbocycles. The third-order valence-electron chi connectivity index (χ3n) is 1.47. The van der Waals surface area contributed by atoms with Crippen LogP contribution in [0.15, 0.2) is 0 Å². The number of likely N-dealkylation sites (N-methyl/N-ethyl adjacent to an activating group) is 2. The number of hydrogen-bond donors (Lipinski definition) is 0. The zero-order chi connectivity index (χ0) is 10.5. The lowest BCUT2D eigenvalue weighted by atomic mass is 10.5. The summed E-state index contributed by atoms with van der Waals surface area (Å²) in [6, 6.07) is 0. The Balaban J connectivity index is 0. The number of carbonyl (C=O) groups is 1. The minimum absolute atomic E-state index is 0. The third-order valence-corrected chi connectivity index (χ3v) is 1.47. The standard InChI is InChI=1S/C9H21N2O2.ClH/c1-10(2)8-9(12)13-7-6-11(3,4)5;/h6-8H2,1-5H3;1H/q+1;/p-1. The van der Waals surface area contributed by atoms with Crippen molar-refractivity contribution < 1.29 is 26.4 Å². The number of quaternary nitrogens is 1. The average Bonchev–Trinajstić information content (AvgIpc) is 1.81. The second kappa shape index (κ2) is 7.04. The smallest absolute Gasteiger partial charge is 0.320 e. The minimum Gasteiger partial charge on any atom is -1.00 e. The number of esters is 1. The highest BCUT2D eigenvalue weighted by molar-refractivity contribution is 5.71. The minimum atomic E-state index is -0.154. The fourth-order valence-corrected chi connectivity index (χ4v) is 0.737. The summed E-state index contributed by atoms with van der Waals surface area (Å²) >= 11 is 0. The van der Waals surface area contributed by atoms with E-state index in [-0.39, 0.29) is 18.4 Å². The highest BCUT2D eigenvalue weighted by atomic mass is 35.5. The topological polar surface area (TPSA) is 29.5 Å². The molecule has 0 unspecified atom stereocenters. The van der Waals surface area contributed by atoms with E-state index in [1.54, 1.807) is 4.90 Å². The monoisotopic (exact) mass is 224 g/mol. The van der Waals surface area contributed by atoms with E-state index in [1.807, 2.05) is 14.1 Å². The molecule has 86 valence electrons. The molecule has 0 N–H and O–H groups in total. The van der Waals surface area contributed by atoms with Crippen LogP contribution in [0, 0.1) is 0 Å². The number of carbonyl (C=O) groups excluding carboxylic acids is 1. The summed E-state index contributed by atoms with van der Waals surface area (Å²) in [5.41, 5.74) is 0. The predicted octanol–water partition coefficient (Wildman–Crippen LogP) is -3.20. The van der Waals surface area contributed by atoms with Gasteiger partial charge in [-0.3, -0.25) is 9.69 Å². The summed E-state index contributed by atoms with van der Waals surface area (Å²) in [6.07, 6.45) is 0. The highest BCUT2D eigenvalue weighted by Crippen LogP contribution is 1.90. The van der Waals surface area contributed by atoms with Crippen molar-refractivity contribution >= 4 is 5.97 Å². The lowest BCUT2D eigenvalue weighted by Crippen LogP contribution is -3.00. The quantitative estimate of drug-likeness (QED) is 0.364. The van der Waals surface area contributed by atoms with Crippen molar-refractivity contribution in [1.82, 2.24) is 4.90 Å². The molecule has 0 aromatic carbocycles. The fraction of sp³-hybridized carbons (Fsp3) is 0.889. The second-order valence-electron chi connectivity index (χ2n) is 4.47. The van der Waals surface area contributed by atoms with Crippen LogP contribution in [-0.2, 0) is 9.53 Å². The number of ether oxygens (including phenoxy) is 1. The van der Waals surface area contributed by atoms with E-state index in [4.69, 9.17) is 4.74 Å². The van der Waals surface area contributed by atoms with Crippen LogP contribution >= 0.6 is 0 Å². The molecule has 0 aliphatic carbocycles. The number of nitrogens with zero attached hydrogens (tertiary/aromatic N) is 2. The van der Waals surface area contributed by atoms with Crippen LogP contribution in [-0.4, -0.2) is 70.3 Å². The Morgan fingerprint density at radius 3 is 2.14 bits per heavy atom. The number of halogens is 1. The van der Waals surface area contributed by atoms with Crippen LogP contribution < -0.4 is 12.4 Å². The third kappa shape index (κ3) is 11.7. The summed E-state index contributed by atoms with van der Waals surface area (Å²) in [5.74, 6) is -0.154. The van der Waals surface area contributed by atoms with Crippen molar-refractivity contribution in [3.8, 4) is 0 Å². The normalized spacial score (nSPS) is 11.0. The van der Waals surface area contributed by atoms with Crippen LogP contribution in [0.1, 0.15) is 0 Å². The first-order chi connectivity index (χ1) is 5.81. The molecule has 0 aromatic heterocycles. The van der Waals surface area contributed by atoms with Gasteiger partial charge in [0.05, 0.1) is 27.7 Å². The molecule has 0 aliphatic rings. The summed E-state index contributed by atoms with van der Waals surface area (Å²) in [7, 11) is 9.90. The molecule has 0 amide bonds. The fourth-order valence-electron chi connectivity index (χ4n) is 0.737. The Morgan fingerprint density at radius 2 is 1.79 bits per heavy atom. The van der Waals surface area contributed by atoms with Crippen molar-refractivity contribution in [3.63, 3.8) is 0 Å². The molecule has 0 rings (SSSR count). The van der Waals surface area contributed by atoms with Gasteiger partial charge >= 0.3 is 5.97 Å². The first-order valence-electron chi connectivity index (χ1n) is 4.42. The molecule has 0 fully saturated rings. The average molecular weight is 225 g/mol. The van der Waals surface area contributed by atoms with Crippen LogP contribution in [0.2, 0.25) is 0 Å². The van der Waals surface area contributed by atoms with E-state index in [0.29, 0.717) is 13.2 Å². The Morgan fingerprint density at radius 1 is 1.29 bits per heavy atom. The Bertz CT molecular complexity index is 167. The van der Waals surface area contributed by atoms with Crippen molar-refractivity contribution in [2.75, 3.05) is 54.9 Å². The van der Waals surface area contributed by atoms with Gasteiger partial charge in [0.1, 0.15) is 13.2 Å². The molecule has 0 spiro atoms. The van der Waals surface area contributed by atoms with E-state index in [9.17, 15) is 4.79 Å². The zero-order valence-electron chi connectivity index (χ0n) is 9.71. The summed E-state index contributed by atoms with van der Waals surface area (Å²) in [5, 5.41) is 0. The molecule has 0 atom stereocenters. The summed E-state index contributed by atoms with van der Waals surface area (Å²) < 4.78 is 5.85. The van der Waals surface area contributed by atoms with Crippen LogP contribution in [0.25, 0.3) is 0 Å². The first kappa shape index (κ1) is 16.1. The highest BCUT2D eigenvalue weighted by Gasteiger charge is 2.09. The van der Waals surface area contributed by atoms with E-state index < -0.39 is 0 Å². The largest absolute Gasteiger partial charge is 1.00 e. The van der Waals surface area contributed by atoms with Crippen LogP contribution in [0.4, 0.5) is 0 Å². The van der Waals surface area contributed by atoms with E-state index >= 15 is 0 Å².